The van der Waals surface area contributed by atoms with Gasteiger partial charge in [-0.2, -0.15) is 0 Å². The van der Waals surface area contributed by atoms with Crippen molar-refractivity contribution >= 4 is 27.8 Å². The lowest BCUT2D eigenvalue weighted by Crippen LogP contribution is -2.22. The van der Waals surface area contributed by atoms with E-state index in [1.54, 1.807) is 0 Å². The number of benzene rings is 1. The Morgan fingerprint density at radius 3 is 2.53 bits per heavy atom. The van der Waals surface area contributed by atoms with E-state index in [1.165, 1.54) is 26.0 Å². The maximum absolute atomic E-state index is 13.6. The first-order chi connectivity index (χ1) is 8.72. The third-order valence-corrected chi connectivity index (χ3v) is 4.05. The molecule has 19 heavy (non-hydrogen) atoms. The summed E-state index contributed by atoms with van der Waals surface area (Å²) in [5.41, 5.74) is 0.161. The highest BCUT2D eigenvalue weighted by Gasteiger charge is 2.16. The number of aliphatic carboxylic acids is 1. The third-order valence-electron chi connectivity index (χ3n) is 2.29. The molecule has 0 radical (unpaired) electrons. The number of nitrogens with one attached hydrogen (secondary N) is 1. The molecule has 0 saturated carbocycles. The van der Waals surface area contributed by atoms with Crippen molar-refractivity contribution in [1.29, 1.82) is 0 Å². The Hall–Kier alpha value is -1.89. The van der Waals surface area contributed by atoms with E-state index in [4.69, 9.17) is 5.11 Å². The van der Waals surface area contributed by atoms with Crippen LogP contribution in [0.25, 0.3) is 6.08 Å². The Morgan fingerprint density at radius 2 is 2.05 bits per heavy atom. The average Bonchev–Trinajstić information content (AvgIpc) is 2.26. The van der Waals surface area contributed by atoms with Gasteiger partial charge in [0.2, 0.25) is 10.0 Å². The van der Waals surface area contributed by atoms with E-state index in [-0.39, 0.29) is 11.3 Å². The standard InChI is InChI=1S/C12H14FNO4S/c1-8(2)19(17,18)14-10-5-3-9(11(13)7-10)4-6-12(15)16/h3-8,14H,1-2H3,(H,15,16). The molecule has 0 heterocycles. The van der Waals surface area contributed by atoms with Gasteiger partial charge in [-0.25, -0.2) is 17.6 Å². The number of halogens is 1. The molecular formula is C12H14FNO4S. The van der Waals surface area contributed by atoms with Crippen LogP contribution in [-0.4, -0.2) is 24.7 Å². The second-order valence-electron chi connectivity index (χ2n) is 4.10. The van der Waals surface area contributed by atoms with E-state index in [0.29, 0.717) is 0 Å². The first-order valence-corrected chi connectivity index (χ1v) is 6.99. The first kappa shape index (κ1) is 15.2. The highest BCUT2D eigenvalue weighted by Crippen LogP contribution is 2.18. The number of hydrogen-bond donors (Lipinski definition) is 2. The van der Waals surface area contributed by atoms with Crippen molar-refractivity contribution in [1.82, 2.24) is 0 Å². The molecule has 0 fully saturated rings. The molecule has 5 nitrogen and oxygen atoms in total. The fourth-order valence-electron chi connectivity index (χ4n) is 1.17. The molecule has 1 aromatic rings. The molecule has 0 atom stereocenters. The second kappa shape index (κ2) is 5.83. The molecule has 0 saturated heterocycles. The van der Waals surface area contributed by atoms with E-state index in [9.17, 15) is 17.6 Å². The molecule has 1 aromatic carbocycles. The van der Waals surface area contributed by atoms with Gasteiger partial charge in [-0.15, -0.1) is 0 Å². The molecule has 0 unspecified atom stereocenters. The summed E-state index contributed by atoms with van der Waals surface area (Å²) >= 11 is 0. The van der Waals surface area contributed by atoms with Crippen molar-refractivity contribution in [2.45, 2.75) is 19.1 Å². The first-order valence-electron chi connectivity index (χ1n) is 5.44. The van der Waals surface area contributed by atoms with Gasteiger partial charge >= 0.3 is 5.97 Å². The topological polar surface area (TPSA) is 83.5 Å². The summed E-state index contributed by atoms with van der Waals surface area (Å²) in [5, 5.41) is 7.80. The van der Waals surface area contributed by atoms with Crippen LogP contribution in [0.5, 0.6) is 0 Å². The SMILES string of the molecule is CC(C)S(=O)(=O)Nc1ccc(C=CC(=O)O)c(F)c1. The molecule has 1 rings (SSSR count). The van der Waals surface area contributed by atoms with Gasteiger partial charge in [-0.05, 0) is 38.1 Å². The summed E-state index contributed by atoms with van der Waals surface area (Å²) in [6.07, 6.45) is 1.90. The summed E-state index contributed by atoms with van der Waals surface area (Å²) in [5.74, 6) is -1.90. The van der Waals surface area contributed by atoms with Crippen molar-refractivity contribution < 1.29 is 22.7 Å². The van der Waals surface area contributed by atoms with Crippen LogP contribution in [0.2, 0.25) is 0 Å². The molecule has 0 aromatic heterocycles. The van der Waals surface area contributed by atoms with E-state index in [0.717, 1.165) is 18.2 Å². The maximum Gasteiger partial charge on any atom is 0.328 e. The van der Waals surface area contributed by atoms with E-state index >= 15 is 0 Å². The lowest BCUT2D eigenvalue weighted by Gasteiger charge is -2.11. The van der Waals surface area contributed by atoms with E-state index < -0.39 is 27.1 Å². The van der Waals surface area contributed by atoms with Crippen LogP contribution >= 0.6 is 0 Å². The Bertz CT molecular complexity index is 608. The smallest absolute Gasteiger partial charge is 0.328 e. The maximum atomic E-state index is 13.6. The molecule has 0 bridgehead atoms. The van der Waals surface area contributed by atoms with Crippen LogP contribution in [0.1, 0.15) is 19.4 Å². The average molecular weight is 287 g/mol. The summed E-state index contributed by atoms with van der Waals surface area (Å²) in [6, 6.07) is 3.67. The third kappa shape index (κ3) is 4.36. The fraction of sp³-hybridized carbons (Fsp3) is 0.250. The van der Waals surface area contributed by atoms with Crippen LogP contribution in [0.3, 0.4) is 0 Å². The number of rotatable bonds is 5. The lowest BCUT2D eigenvalue weighted by atomic mass is 10.2. The molecular weight excluding hydrogens is 273 g/mol. The molecule has 0 spiro atoms. The number of carboxylic acids is 1. The second-order valence-corrected chi connectivity index (χ2v) is 6.34. The molecule has 0 amide bonds. The zero-order valence-corrected chi connectivity index (χ0v) is 11.2. The number of carboxylic acid groups (broad SMARTS) is 1. The minimum Gasteiger partial charge on any atom is -0.478 e. The van der Waals surface area contributed by atoms with Gasteiger partial charge in [0.15, 0.2) is 0 Å². The summed E-state index contributed by atoms with van der Waals surface area (Å²) in [7, 11) is -3.54. The Morgan fingerprint density at radius 1 is 1.42 bits per heavy atom. The van der Waals surface area contributed by atoms with Gasteiger partial charge in [0.05, 0.1) is 10.9 Å². The minimum absolute atomic E-state index is 0.0647. The molecule has 7 heteroatoms. The van der Waals surface area contributed by atoms with E-state index in [1.807, 2.05) is 0 Å². The van der Waals surface area contributed by atoms with Crippen LogP contribution in [0.4, 0.5) is 10.1 Å². The monoisotopic (exact) mass is 287 g/mol. The van der Waals surface area contributed by atoms with Crippen LogP contribution in [0, 0.1) is 5.82 Å². The van der Waals surface area contributed by atoms with Crippen LogP contribution in [0.15, 0.2) is 24.3 Å². The van der Waals surface area contributed by atoms with Gasteiger partial charge < -0.3 is 5.11 Å². The zero-order valence-electron chi connectivity index (χ0n) is 10.4. The van der Waals surface area contributed by atoms with Crippen molar-refractivity contribution in [3.05, 3.63) is 35.7 Å². The van der Waals surface area contributed by atoms with Gasteiger partial charge in [-0.1, -0.05) is 0 Å². The number of carbonyl (C=O) groups is 1. The predicted octanol–water partition coefficient (Wildman–Crippen LogP) is 2.07. The number of sulfonamides is 1. The van der Waals surface area contributed by atoms with Crippen molar-refractivity contribution in [2.24, 2.45) is 0 Å². The lowest BCUT2D eigenvalue weighted by molar-refractivity contribution is -0.131. The predicted molar refractivity (Wildman–Crippen MR) is 70.7 cm³/mol. The summed E-state index contributed by atoms with van der Waals surface area (Å²) in [6.45, 7) is 3.01. The molecule has 0 aliphatic heterocycles. The Kier molecular flexibility index (Phi) is 4.66. The fourth-order valence-corrected chi connectivity index (χ4v) is 1.86. The van der Waals surface area contributed by atoms with Crippen molar-refractivity contribution in [2.75, 3.05) is 4.72 Å². The summed E-state index contributed by atoms with van der Waals surface area (Å²) < 4.78 is 39.0. The van der Waals surface area contributed by atoms with Crippen LogP contribution in [-0.2, 0) is 14.8 Å². The van der Waals surface area contributed by atoms with Gasteiger partial charge in [-0.3, -0.25) is 4.72 Å². The van der Waals surface area contributed by atoms with E-state index in [2.05, 4.69) is 4.72 Å². The van der Waals surface area contributed by atoms with Gasteiger partial charge in [0.25, 0.3) is 0 Å². The number of hydrogen-bond acceptors (Lipinski definition) is 3. The van der Waals surface area contributed by atoms with Crippen molar-refractivity contribution in [3.63, 3.8) is 0 Å². The zero-order chi connectivity index (χ0) is 14.6. The Labute approximate surface area is 110 Å². The largest absolute Gasteiger partial charge is 0.478 e. The molecule has 0 aliphatic carbocycles. The quantitative estimate of drug-likeness (QED) is 0.812. The highest BCUT2D eigenvalue weighted by atomic mass is 32.2. The normalized spacial score (nSPS) is 12.0. The summed E-state index contributed by atoms with van der Waals surface area (Å²) in [4.78, 5) is 10.3. The Balaban J connectivity index is 2.98. The van der Waals surface area contributed by atoms with Crippen LogP contribution < -0.4 is 4.72 Å². The molecule has 2 N–H and O–H groups in total. The van der Waals surface area contributed by atoms with Gasteiger partial charge in [0.1, 0.15) is 5.82 Å². The number of anilines is 1. The minimum atomic E-state index is -3.54. The molecule has 0 aliphatic rings. The van der Waals surface area contributed by atoms with Crippen molar-refractivity contribution in [3.8, 4) is 0 Å². The highest BCUT2D eigenvalue weighted by molar-refractivity contribution is 7.93. The molecule has 104 valence electrons. The van der Waals surface area contributed by atoms with Gasteiger partial charge in [0, 0.05) is 11.6 Å².